The van der Waals surface area contributed by atoms with E-state index in [1.165, 1.54) is 22.5 Å². The lowest BCUT2D eigenvalue weighted by atomic mass is 9.97. The minimum Gasteiger partial charge on any atom is -0.395 e. The van der Waals surface area contributed by atoms with Gasteiger partial charge in [0.15, 0.2) is 0 Å². The van der Waals surface area contributed by atoms with E-state index in [0.29, 0.717) is 25.4 Å². The van der Waals surface area contributed by atoms with Crippen LogP contribution in [0.15, 0.2) is 35.8 Å². The van der Waals surface area contributed by atoms with E-state index in [-0.39, 0.29) is 12.5 Å². The van der Waals surface area contributed by atoms with Gasteiger partial charge in [-0.05, 0) is 29.9 Å². The van der Waals surface area contributed by atoms with E-state index < -0.39 is 0 Å². The number of thiazole rings is 1. The normalized spacial score (nSPS) is 16.5. The molecule has 1 atom stereocenters. The highest BCUT2D eigenvalue weighted by Gasteiger charge is 2.26. The fourth-order valence-electron chi connectivity index (χ4n) is 3.10. The molecule has 4 nitrogen and oxygen atoms in total. The van der Waals surface area contributed by atoms with Crippen molar-refractivity contribution in [1.29, 1.82) is 0 Å². The molecule has 116 valence electrons. The fraction of sp³-hybridized carbons (Fsp3) is 0.412. The second kappa shape index (κ2) is 7.03. The summed E-state index contributed by atoms with van der Waals surface area (Å²) in [7, 11) is 0. The number of aromatic nitrogens is 1. The molecule has 1 aliphatic rings. The Morgan fingerprint density at radius 3 is 3.05 bits per heavy atom. The van der Waals surface area contributed by atoms with E-state index in [0.717, 1.165) is 17.8 Å². The van der Waals surface area contributed by atoms with Crippen molar-refractivity contribution in [2.45, 2.75) is 31.7 Å². The van der Waals surface area contributed by atoms with Crippen LogP contribution in [0.25, 0.3) is 0 Å². The number of benzene rings is 1. The van der Waals surface area contributed by atoms with Crippen LogP contribution in [0.3, 0.4) is 0 Å². The van der Waals surface area contributed by atoms with Crippen LogP contribution in [0.5, 0.6) is 0 Å². The van der Waals surface area contributed by atoms with Crippen molar-refractivity contribution in [2.24, 2.45) is 0 Å². The van der Waals surface area contributed by atoms with Gasteiger partial charge in [-0.3, -0.25) is 4.79 Å². The summed E-state index contributed by atoms with van der Waals surface area (Å²) in [6.45, 7) is 0.844. The van der Waals surface area contributed by atoms with Crippen molar-refractivity contribution in [3.63, 3.8) is 0 Å². The highest BCUT2D eigenvalue weighted by Crippen LogP contribution is 2.35. The van der Waals surface area contributed by atoms with Gasteiger partial charge in [0.1, 0.15) is 5.01 Å². The number of nitrogens with zero attached hydrogens (tertiary/aromatic N) is 2. The van der Waals surface area contributed by atoms with Crippen molar-refractivity contribution < 1.29 is 9.90 Å². The molecule has 0 radical (unpaired) electrons. The van der Waals surface area contributed by atoms with Gasteiger partial charge in [0.25, 0.3) is 0 Å². The fourth-order valence-corrected chi connectivity index (χ4v) is 3.74. The largest absolute Gasteiger partial charge is 0.395 e. The first-order valence-electron chi connectivity index (χ1n) is 7.62. The number of hydrogen-bond donors (Lipinski definition) is 1. The summed E-state index contributed by atoms with van der Waals surface area (Å²) in [6.07, 6.45) is 4.35. The van der Waals surface area contributed by atoms with Gasteiger partial charge < -0.3 is 10.0 Å². The average Bonchev–Trinajstić information content (AvgIpc) is 3.17. The maximum atomic E-state index is 12.6. The summed E-state index contributed by atoms with van der Waals surface area (Å²) >= 11 is 1.54. The lowest BCUT2D eigenvalue weighted by Crippen LogP contribution is -2.33. The molecule has 1 unspecified atom stereocenters. The number of aryl methyl sites for hydroxylation is 1. The number of fused-ring (bicyclic) bond motifs is 1. The van der Waals surface area contributed by atoms with Gasteiger partial charge in [-0.15, -0.1) is 11.3 Å². The molecule has 1 N–H and O–H groups in total. The van der Waals surface area contributed by atoms with Crippen LogP contribution in [0.2, 0.25) is 0 Å². The molecular formula is C17H20N2O2S. The Bertz CT molecular complexity index is 627. The molecule has 22 heavy (non-hydrogen) atoms. The average molecular weight is 316 g/mol. The number of carbonyl (C=O) groups excluding carboxylic acids is 1. The van der Waals surface area contributed by atoms with E-state index >= 15 is 0 Å². The molecule has 0 fully saturated rings. The Morgan fingerprint density at radius 1 is 1.41 bits per heavy atom. The first-order valence-corrected chi connectivity index (χ1v) is 8.50. The minimum absolute atomic E-state index is 0.0155. The first kappa shape index (κ1) is 15.2. The zero-order valence-electron chi connectivity index (χ0n) is 12.4. The third kappa shape index (κ3) is 3.36. The zero-order chi connectivity index (χ0) is 15.4. The number of hydrogen-bond acceptors (Lipinski definition) is 4. The van der Waals surface area contributed by atoms with Crippen molar-refractivity contribution >= 4 is 17.2 Å². The Kier molecular flexibility index (Phi) is 4.85. The van der Waals surface area contributed by atoms with Crippen LogP contribution >= 0.6 is 11.3 Å². The van der Waals surface area contributed by atoms with E-state index in [9.17, 15) is 9.90 Å². The summed E-state index contributed by atoms with van der Waals surface area (Å²) in [6, 6.07) is 8.39. The second-order valence-corrected chi connectivity index (χ2v) is 6.58. The molecule has 1 heterocycles. The molecule has 0 saturated heterocycles. The Balaban J connectivity index is 1.67. The van der Waals surface area contributed by atoms with Crippen LogP contribution in [0.4, 0.5) is 0 Å². The highest BCUT2D eigenvalue weighted by molar-refractivity contribution is 7.09. The molecule has 5 heteroatoms. The monoisotopic (exact) mass is 316 g/mol. The molecule has 1 aromatic carbocycles. The summed E-state index contributed by atoms with van der Waals surface area (Å²) in [5, 5.41) is 12.0. The van der Waals surface area contributed by atoms with Crippen molar-refractivity contribution in [3.05, 3.63) is 52.0 Å². The van der Waals surface area contributed by atoms with Gasteiger partial charge in [0, 0.05) is 24.5 Å². The van der Waals surface area contributed by atoms with Crippen LogP contribution in [0.1, 0.15) is 34.9 Å². The quantitative estimate of drug-likeness (QED) is 0.891. The number of aliphatic hydroxyl groups is 1. The Hall–Kier alpha value is -1.72. The maximum absolute atomic E-state index is 12.6. The van der Waals surface area contributed by atoms with Crippen LogP contribution in [0, 0.1) is 0 Å². The molecule has 1 aliphatic carbocycles. The molecule has 0 spiro atoms. The van der Waals surface area contributed by atoms with Crippen molar-refractivity contribution in [1.82, 2.24) is 9.88 Å². The van der Waals surface area contributed by atoms with Crippen molar-refractivity contribution in [3.8, 4) is 0 Å². The lowest BCUT2D eigenvalue weighted by Gasteiger charge is -2.22. The Morgan fingerprint density at radius 2 is 2.27 bits per heavy atom. The van der Waals surface area contributed by atoms with Gasteiger partial charge in [-0.25, -0.2) is 4.98 Å². The lowest BCUT2D eigenvalue weighted by molar-refractivity contribution is -0.132. The predicted molar refractivity (Wildman–Crippen MR) is 86.7 cm³/mol. The third-order valence-electron chi connectivity index (χ3n) is 4.21. The maximum Gasteiger partial charge on any atom is 0.223 e. The van der Waals surface area contributed by atoms with Crippen LogP contribution in [-0.2, 0) is 17.8 Å². The second-order valence-electron chi connectivity index (χ2n) is 5.60. The van der Waals surface area contributed by atoms with Gasteiger partial charge in [0.2, 0.25) is 5.91 Å². The number of amides is 1. The van der Waals surface area contributed by atoms with E-state index in [2.05, 4.69) is 23.2 Å². The van der Waals surface area contributed by atoms with Crippen LogP contribution in [-0.4, -0.2) is 34.0 Å². The number of carbonyl (C=O) groups is 1. The minimum atomic E-state index is -0.0155. The predicted octanol–water partition coefficient (Wildman–Crippen LogP) is 2.58. The molecule has 2 aromatic rings. The highest BCUT2D eigenvalue weighted by atomic mass is 32.1. The first-order chi connectivity index (χ1) is 10.8. The van der Waals surface area contributed by atoms with Gasteiger partial charge in [0.05, 0.1) is 13.2 Å². The molecule has 0 saturated carbocycles. The molecule has 3 rings (SSSR count). The Labute approximate surface area is 134 Å². The smallest absolute Gasteiger partial charge is 0.223 e. The number of rotatable bonds is 6. The van der Waals surface area contributed by atoms with Gasteiger partial charge in [-0.1, -0.05) is 24.3 Å². The summed E-state index contributed by atoms with van der Waals surface area (Å²) < 4.78 is 0. The third-order valence-corrected chi connectivity index (χ3v) is 4.97. The zero-order valence-corrected chi connectivity index (χ0v) is 13.3. The van der Waals surface area contributed by atoms with E-state index in [1.54, 1.807) is 11.1 Å². The topological polar surface area (TPSA) is 53.4 Å². The molecule has 0 bridgehead atoms. The molecule has 1 amide bonds. The standard InChI is InChI=1S/C17H20N2O2S/c20-9-8-19(12-16-18-7-10-22-16)17(21)11-14-6-5-13-3-1-2-4-15(13)14/h1-4,7,10,14,20H,5-6,8-9,11-12H2. The number of aliphatic hydroxyl groups excluding tert-OH is 1. The van der Waals surface area contributed by atoms with Crippen molar-refractivity contribution in [2.75, 3.05) is 13.2 Å². The summed E-state index contributed by atoms with van der Waals surface area (Å²) in [5.74, 6) is 0.409. The SMILES string of the molecule is O=C(CC1CCc2ccccc21)N(CCO)Cc1nccs1. The van der Waals surface area contributed by atoms with Gasteiger partial charge >= 0.3 is 0 Å². The van der Waals surface area contributed by atoms with Crippen LogP contribution < -0.4 is 0 Å². The molecule has 1 aromatic heterocycles. The van der Waals surface area contributed by atoms with E-state index in [4.69, 9.17) is 0 Å². The van der Waals surface area contributed by atoms with E-state index in [1.807, 2.05) is 11.4 Å². The summed E-state index contributed by atoms with van der Waals surface area (Å²) in [4.78, 5) is 18.6. The molecule has 0 aliphatic heterocycles. The molecular weight excluding hydrogens is 296 g/mol. The summed E-state index contributed by atoms with van der Waals surface area (Å²) in [5.41, 5.74) is 2.68. The van der Waals surface area contributed by atoms with Gasteiger partial charge in [-0.2, -0.15) is 0 Å².